The molecule has 7 nitrogen and oxygen atoms in total. The summed E-state index contributed by atoms with van der Waals surface area (Å²) in [6.07, 6.45) is -0.309. The van der Waals surface area contributed by atoms with Crippen molar-refractivity contribution in [2.24, 2.45) is 5.73 Å². The minimum Gasteiger partial charge on any atom is -0.316 e. The van der Waals surface area contributed by atoms with Gasteiger partial charge in [-0.1, -0.05) is 30.3 Å². The number of nitrogens with zero attached hydrogens (tertiary/aromatic N) is 1. The molecule has 128 valence electrons. The molecule has 1 saturated heterocycles. The number of hydrogen-bond donors (Lipinski definition) is 2. The largest absolute Gasteiger partial charge is 0.316 e. The minimum absolute atomic E-state index is 0.257. The van der Waals surface area contributed by atoms with Gasteiger partial charge in [0.05, 0.1) is 5.69 Å². The SMILES string of the molecule is NC(C(=O)c1ccccc1)c1csc(CS(=O)(=O)OC2CNC2)n1. The Hall–Kier alpha value is -1.65. The lowest BCUT2D eigenvalue weighted by Gasteiger charge is -2.25. The first-order chi connectivity index (χ1) is 11.4. The maximum atomic E-state index is 12.3. The third kappa shape index (κ3) is 4.05. The van der Waals surface area contributed by atoms with Crippen molar-refractivity contribution in [2.75, 3.05) is 13.1 Å². The van der Waals surface area contributed by atoms with Crippen molar-refractivity contribution in [1.29, 1.82) is 0 Å². The van der Waals surface area contributed by atoms with Gasteiger partial charge in [-0.05, 0) is 0 Å². The van der Waals surface area contributed by atoms with Gasteiger partial charge < -0.3 is 11.1 Å². The highest BCUT2D eigenvalue weighted by Gasteiger charge is 2.27. The fourth-order valence-electron chi connectivity index (χ4n) is 2.17. The summed E-state index contributed by atoms with van der Waals surface area (Å²) in [6, 6.07) is 7.76. The summed E-state index contributed by atoms with van der Waals surface area (Å²) in [7, 11) is -3.70. The number of thiazole rings is 1. The highest BCUT2D eigenvalue weighted by atomic mass is 32.2. The average Bonchev–Trinajstić information content (AvgIpc) is 2.98. The summed E-state index contributed by atoms with van der Waals surface area (Å²) in [5, 5.41) is 4.91. The summed E-state index contributed by atoms with van der Waals surface area (Å²) < 4.78 is 29.0. The van der Waals surface area contributed by atoms with E-state index in [-0.39, 0.29) is 17.6 Å². The van der Waals surface area contributed by atoms with Crippen LogP contribution in [0.15, 0.2) is 35.7 Å². The van der Waals surface area contributed by atoms with E-state index in [1.165, 1.54) is 0 Å². The maximum Gasteiger partial charge on any atom is 0.274 e. The van der Waals surface area contributed by atoms with E-state index < -0.39 is 16.2 Å². The van der Waals surface area contributed by atoms with Crippen LogP contribution in [0, 0.1) is 0 Å². The normalized spacial score (nSPS) is 16.5. The monoisotopic (exact) mass is 367 g/mol. The van der Waals surface area contributed by atoms with Gasteiger partial charge in [0.2, 0.25) is 0 Å². The molecule has 1 aliphatic heterocycles. The smallest absolute Gasteiger partial charge is 0.274 e. The van der Waals surface area contributed by atoms with E-state index in [2.05, 4.69) is 10.3 Å². The molecule has 2 aromatic rings. The van der Waals surface area contributed by atoms with E-state index in [9.17, 15) is 13.2 Å². The average molecular weight is 367 g/mol. The topological polar surface area (TPSA) is 111 Å². The zero-order valence-corrected chi connectivity index (χ0v) is 14.3. The predicted octanol–water partition coefficient (Wildman–Crippen LogP) is 0.844. The molecule has 1 aromatic carbocycles. The summed E-state index contributed by atoms with van der Waals surface area (Å²) in [6.45, 7) is 1.05. The van der Waals surface area contributed by atoms with Gasteiger partial charge in [0.15, 0.2) is 5.78 Å². The van der Waals surface area contributed by atoms with Crippen LogP contribution in [0.3, 0.4) is 0 Å². The second-order valence-electron chi connectivity index (χ2n) is 5.45. The van der Waals surface area contributed by atoms with Crippen LogP contribution >= 0.6 is 11.3 Å². The number of ketones is 1. The van der Waals surface area contributed by atoms with Crippen LogP contribution in [0.25, 0.3) is 0 Å². The Morgan fingerprint density at radius 2 is 2.08 bits per heavy atom. The molecule has 0 spiro atoms. The van der Waals surface area contributed by atoms with Crippen molar-refractivity contribution in [3.63, 3.8) is 0 Å². The minimum atomic E-state index is -3.70. The second kappa shape index (κ2) is 7.08. The van der Waals surface area contributed by atoms with Gasteiger partial charge in [-0.15, -0.1) is 11.3 Å². The van der Waals surface area contributed by atoms with Crippen molar-refractivity contribution in [3.8, 4) is 0 Å². The van der Waals surface area contributed by atoms with Gasteiger partial charge in [-0.2, -0.15) is 8.42 Å². The fraction of sp³-hybridized carbons (Fsp3) is 0.333. The molecule has 2 heterocycles. The van der Waals surface area contributed by atoms with E-state index in [1.807, 2.05) is 6.07 Å². The van der Waals surface area contributed by atoms with Crippen LogP contribution < -0.4 is 11.1 Å². The molecule has 1 aliphatic rings. The molecule has 0 amide bonds. The summed E-state index contributed by atoms with van der Waals surface area (Å²) in [4.78, 5) is 16.5. The van der Waals surface area contributed by atoms with Crippen LogP contribution in [0.2, 0.25) is 0 Å². The van der Waals surface area contributed by atoms with Crippen molar-refractivity contribution < 1.29 is 17.4 Å². The van der Waals surface area contributed by atoms with Crippen LogP contribution in [0.4, 0.5) is 0 Å². The number of Topliss-reactive ketones (excluding diaryl/α,β-unsaturated/α-hetero) is 1. The van der Waals surface area contributed by atoms with Gasteiger partial charge in [0.1, 0.15) is 22.9 Å². The number of hydrogen-bond acceptors (Lipinski definition) is 8. The van der Waals surface area contributed by atoms with E-state index in [1.54, 1.807) is 29.6 Å². The van der Waals surface area contributed by atoms with E-state index in [0.29, 0.717) is 29.4 Å². The van der Waals surface area contributed by atoms with E-state index in [4.69, 9.17) is 9.92 Å². The Bertz CT molecular complexity index is 816. The van der Waals surface area contributed by atoms with Crippen LogP contribution in [0.1, 0.15) is 27.1 Å². The Balaban J connectivity index is 1.67. The summed E-state index contributed by atoms with van der Waals surface area (Å²) in [5.74, 6) is -0.576. The van der Waals surface area contributed by atoms with Crippen molar-refractivity contribution in [3.05, 3.63) is 52.0 Å². The molecule has 3 N–H and O–H groups in total. The molecule has 1 aromatic heterocycles. The third-order valence-electron chi connectivity index (χ3n) is 3.56. The second-order valence-corrected chi connectivity index (χ2v) is 7.99. The molecule has 1 fully saturated rings. The first kappa shape index (κ1) is 17.2. The zero-order chi connectivity index (χ0) is 17.2. The lowest BCUT2D eigenvalue weighted by molar-refractivity contribution is 0.0960. The van der Waals surface area contributed by atoms with Crippen LogP contribution in [-0.4, -0.2) is 38.4 Å². The number of nitrogens with two attached hydrogens (primary N) is 1. The highest BCUT2D eigenvalue weighted by molar-refractivity contribution is 7.86. The van der Waals surface area contributed by atoms with Gasteiger partial charge in [0, 0.05) is 24.0 Å². The molecule has 9 heteroatoms. The first-order valence-corrected chi connectivity index (χ1v) is 9.81. The fourth-order valence-corrected chi connectivity index (χ4v) is 4.48. The molecule has 0 radical (unpaired) electrons. The number of carbonyl (C=O) groups is 1. The lowest BCUT2D eigenvalue weighted by Crippen LogP contribution is -2.49. The standard InChI is InChI=1S/C15H17N3O4S2/c16-14(15(19)10-4-2-1-3-5-10)12-8-23-13(18-12)9-24(20,21)22-11-6-17-7-11/h1-5,8,11,14,17H,6-7,9,16H2. The Labute approximate surface area is 144 Å². The number of rotatable bonds is 7. The Morgan fingerprint density at radius 3 is 2.71 bits per heavy atom. The Morgan fingerprint density at radius 1 is 1.38 bits per heavy atom. The first-order valence-electron chi connectivity index (χ1n) is 7.35. The van der Waals surface area contributed by atoms with Gasteiger partial charge >= 0.3 is 0 Å². The molecular weight excluding hydrogens is 350 g/mol. The van der Waals surface area contributed by atoms with Gasteiger partial charge in [0.25, 0.3) is 10.1 Å². The molecule has 1 atom stereocenters. The molecular formula is C15H17N3O4S2. The summed E-state index contributed by atoms with van der Waals surface area (Å²) in [5.41, 5.74) is 6.82. The molecule has 3 rings (SSSR count). The maximum absolute atomic E-state index is 12.3. The third-order valence-corrected chi connectivity index (χ3v) is 5.80. The number of aromatic nitrogens is 1. The molecule has 0 aliphatic carbocycles. The van der Waals surface area contributed by atoms with Crippen molar-refractivity contribution in [1.82, 2.24) is 10.3 Å². The van der Waals surface area contributed by atoms with Crippen LogP contribution in [0.5, 0.6) is 0 Å². The number of benzene rings is 1. The van der Waals surface area contributed by atoms with Crippen LogP contribution in [-0.2, 0) is 20.1 Å². The lowest BCUT2D eigenvalue weighted by atomic mass is 10.0. The summed E-state index contributed by atoms with van der Waals surface area (Å²) >= 11 is 1.15. The van der Waals surface area contributed by atoms with Crippen molar-refractivity contribution in [2.45, 2.75) is 17.9 Å². The van der Waals surface area contributed by atoms with E-state index in [0.717, 1.165) is 11.3 Å². The van der Waals surface area contributed by atoms with E-state index >= 15 is 0 Å². The quantitative estimate of drug-likeness (QED) is 0.551. The molecule has 1 unspecified atom stereocenters. The predicted molar refractivity (Wildman–Crippen MR) is 90.2 cm³/mol. The Kier molecular flexibility index (Phi) is 5.07. The zero-order valence-electron chi connectivity index (χ0n) is 12.7. The van der Waals surface area contributed by atoms with Crippen molar-refractivity contribution >= 4 is 27.2 Å². The molecule has 0 saturated carbocycles. The number of nitrogens with one attached hydrogen (secondary N) is 1. The van der Waals surface area contributed by atoms with Gasteiger partial charge in [-0.25, -0.2) is 4.98 Å². The molecule has 0 bridgehead atoms. The molecule has 24 heavy (non-hydrogen) atoms. The van der Waals surface area contributed by atoms with Gasteiger partial charge in [-0.3, -0.25) is 8.98 Å². The highest BCUT2D eigenvalue weighted by Crippen LogP contribution is 2.21. The number of carbonyl (C=O) groups excluding carboxylic acids is 1.